The summed E-state index contributed by atoms with van der Waals surface area (Å²) in [5.41, 5.74) is 12.0. The summed E-state index contributed by atoms with van der Waals surface area (Å²) < 4.78 is 1.82. The van der Waals surface area contributed by atoms with Gasteiger partial charge in [0, 0.05) is 18.3 Å². The summed E-state index contributed by atoms with van der Waals surface area (Å²) in [4.78, 5) is 4.42. The first-order chi connectivity index (χ1) is 9.72. The molecule has 1 aromatic carbocycles. The summed E-state index contributed by atoms with van der Waals surface area (Å²) in [5.74, 6) is 0. The van der Waals surface area contributed by atoms with Crippen molar-refractivity contribution >= 4 is 11.6 Å². The normalized spacial score (nSPS) is 10.9. The third-order valence-corrected chi connectivity index (χ3v) is 3.50. The molecule has 0 fully saturated rings. The summed E-state index contributed by atoms with van der Waals surface area (Å²) in [6, 6.07) is 8.26. The van der Waals surface area contributed by atoms with Gasteiger partial charge in [-0.3, -0.25) is 0 Å². The van der Waals surface area contributed by atoms with E-state index in [-0.39, 0.29) is 0 Å². The molecule has 3 rings (SSSR count). The highest BCUT2D eigenvalue weighted by Gasteiger charge is 2.09. The molecule has 100 valence electrons. The van der Waals surface area contributed by atoms with Gasteiger partial charge in [0.25, 0.3) is 0 Å². The van der Waals surface area contributed by atoms with Gasteiger partial charge in [-0.25, -0.2) is 9.50 Å². The van der Waals surface area contributed by atoms with Crippen LogP contribution in [-0.2, 0) is 6.54 Å². The molecule has 0 saturated carbocycles. The lowest BCUT2D eigenvalue weighted by Crippen LogP contribution is -2.00. The van der Waals surface area contributed by atoms with Gasteiger partial charge in [-0.1, -0.05) is 24.8 Å². The van der Waals surface area contributed by atoms with Crippen LogP contribution in [0.4, 0.5) is 0 Å². The van der Waals surface area contributed by atoms with Crippen molar-refractivity contribution < 1.29 is 0 Å². The van der Waals surface area contributed by atoms with Crippen LogP contribution in [0.5, 0.6) is 0 Å². The van der Waals surface area contributed by atoms with Crippen molar-refractivity contribution in [2.75, 3.05) is 0 Å². The zero-order valence-corrected chi connectivity index (χ0v) is 11.4. The Morgan fingerprint density at radius 1 is 1.35 bits per heavy atom. The van der Waals surface area contributed by atoms with E-state index < -0.39 is 0 Å². The van der Waals surface area contributed by atoms with E-state index in [2.05, 4.69) is 41.8 Å². The number of nitrogens with two attached hydrogens (primary N) is 1. The molecule has 4 nitrogen and oxygen atoms in total. The van der Waals surface area contributed by atoms with Crippen LogP contribution in [-0.4, -0.2) is 14.6 Å². The Morgan fingerprint density at radius 3 is 2.90 bits per heavy atom. The third kappa shape index (κ3) is 2.00. The second-order valence-corrected chi connectivity index (χ2v) is 4.76. The van der Waals surface area contributed by atoms with Crippen molar-refractivity contribution in [3.8, 4) is 11.3 Å². The molecule has 0 atom stereocenters. The SMILES string of the molecule is C=Cc1cc2c(-c3ccc(CN)c(C)c3)ncnn2c1. The minimum atomic E-state index is 0.553. The van der Waals surface area contributed by atoms with Crippen LogP contribution < -0.4 is 5.73 Å². The average molecular weight is 264 g/mol. The predicted molar refractivity (Wildman–Crippen MR) is 81.1 cm³/mol. The number of hydrogen-bond acceptors (Lipinski definition) is 3. The van der Waals surface area contributed by atoms with Crippen LogP contribution in [0.1, 0.15) is 16.7 Å². The van der Waals surface area contributed by atoms with Gasteiger partial charge in [-0.05, 0) is 35.7 Å². The highest BCUT2D eigenvalue weighted by Crippen LogP contribution is 2.25. The van der Waals surface area contributed by atoms with Crippen molar-refractivity contribution in [1.29, 1.82) is 0 Å². The first kappa shape index (κ1) is 12.6. The van der Waals surface area contributed by atoms with E-state index in [1.165, 1.54) is 5.56 Å². The molecule has 0 aliphatic rings. The second-order valence-electron chi connectivity index (χ2n) is 4.76. The number of rotatable bonds is 3. The van der Waals surface area contributed by atoms with Crippen LogP contribution in [0, 0.1) is 6.92 Å². The predicted octanol–water partition coefficient (Wildman–Crippen LogP) is 2.81. The molecule has 2 aromatic heterocycles. The van der Waals surface area contributed by atoms with Gasteiger partial charge in [0.15, 0.2) is 0 Å². The lowest BCUT2D eigenvalue weighted by atomic mass is 10.0. The number of aromatic nitrogens is 3. The van der Waals surface area contributed by atoms with Crippen molar-refractivity contribution in [2.45, 2.75) is 13.5 Å². The molecular formula is C16H16N4. The zero-order chi connectivity index (χ0) is 14.1. The molecule has 0 unspecified atom stereocenters. The maximum Gasteiger partial charge on any atom is 0.137 e. The fraction of sp³-hybridized carbons (Fsp3) is 0.125. The molecule has 0 radical (unpaired) electrons. The third-order valence-electron chi connectivity index (χ3n) is 3.50. The van der Waals surface area contributed by atoms with Gasteiger partial charge in [0.2, 0.25) is 0 Å². The number of hydrogen-bond donors (Lipinski definition) is 1. The van der Waals surface area contributed by atoms with Crippen molar-refractivity contribution in [3.05, 3.63) is 60.1 Å². The second kappa shape index (κ2) is 4.90. The van der Waals surface area contributed by atoms with Gasteiger partial charge in [-0.15, -0.1) is 0 Å². The van der Waals surface area contributed by atoms with Crippen molar-refractivity contribution in [3.63, 3.8) is 0 Å². The van der Waals surface area contributed by atoms with Gasteiger partial charge < -0.3 is 5.73 Å². The molecule has 3 aromatic rings. The molecule has 20 heavy (non-hydrogen) atoms. The van der Waals surface area contributed by atoms with E-state index in [0.29, 0.717) is 6.54 Å². The van der Waals surface area contributed by atoms with Crippen molar-refractivity contribution in [1.82, 2.24) is 14.6 Å². The molecule has 0 amide bonds. The minimum absolute atomic E-state index is 0.553. The maximum atomic E-state index is 5.71. The van der Waals surface area contributed by atoms with E-state index in [9.17, 15) is 0 Å². The van der Waals surface area contributed by atoms with E-state index in [1.807, 2.05) is 16.8 Å². The summed E-state index contributed by atoms with van der Waals surface area (Å²) in [6.07, 6.45) is 5.32. The number of benzene rings is 1. The first-order valence-corrected chi connectivity index (χ1v) is 6.48. The first-order valence-electron chi connectivity index (χ1n) is 6.48. The Balaban J connectivity index is 2.21. The average Bonchev–Trinajstić information content (AvgIpc) is 2.90. The zero-order valence-electron chi connectivity index (χ0n) is 11.4. The number of nitrogens with zero attached hydrogens (tertiary/aromatic N) is 3. The van der Waals surface area contributed by atoms with E-state index in [1.54, 1.807) is 12.4 Å². The highest BCUT2D eigenvalue weighted by atomic mass is 15.2. The van der Waals surface area contributed by atoms with E-state index >= 15 is 0 Å². The molecule has 0 saturated heterocycles. The largest absolute Gasteiger partial charge is 0.326 e. The molecule has 4 heteroatoms. The van der Waals surface area contributed by atoms with Gasteiger partial charge in [0.05, 0.1) is 11.2 Å². The Labute approximate surface area is 117 Å². The fourth-order valence-corrected chi connectivity index (χ4v) is 2.36. The van der Waals surface area contributed by atoms with Crippen LogP contribution in [0.15, 0.2) is 43.4 Å². The maximum absolute atomic E-state index is 5.71. The van der Waals surface area contributed by atoms with Crippen LogP contribution in [0.3, 0.4) is 0 Å². The highest BCUT2D eigenvalue weighted by molar-refractivity contribution is 5.79. The van der Waals surface area contributed by atoms with E-state index in [4.69, 9.17) is 5.73 Å². The molecule has 0 aliphatic heterocycles. The van der Waals surface area contributed by atoms with Gasteiger partial charge in [0.1, 0.15) is 6.33 Å². The lowest BCUT2D eigenvalue weighted by molar-refractivity contribution is 0.905. The Hall–Kier alpha value is -2.46. The Bertz CT molecular complexity index is 786. The summed E-state index contributed by atoms with van der Waals surface area (Å²) in [7, 11) is 0. The lowest BCUT2D eigenvalue weighted by Gasteiger charge is -2.07. The van der Waals surface area contributed by atoms with Gasteiger partial charge >= 0.3 is 0 Å². The van der Waals surface area contributed by atoms with Crippen LogP contribution in [0.2, 0.25) is 0 Å². The van der Waals surface area contributed by atoms with E-state index in [0.717, 1.165) is 27.9 Å². The molecular weight excluding hydrogens is 248 g/mol. The van der Waals surface area contributed by atoms with Crippen LogP contribution >= 0.6 is 0 Å². The monoisotopic (exact) mass is 264 g/mol. The Kier molecular flexibility index (Phi) is 3.08. The molecule has 0 aliphatic carbocycles. The summed E-state index contributed by atoms with van der Waals surface area (Å²) in [5, 5.41) is 4.23. The molecule has 2 N–H and O–H groups in total. The molecule has 0 bridgehead atoms. The van der Waals surface area contributed by atoms with Gasteiger partial charge in [-0.2, -0.15) is 5.10 Å². The Morgan fingerprint density at radius 2 is 2.20 bits per heavy atom. The van der Waals surface area contributed by atoms with Crippen LogP contribution in [0.25, 0.3) is 22.9 Å². The molecule has 2 heterocycles. The quantitative estimate of drug-likeness (QED) is 0.791. The molecule has 0 spiro atoms. The number of fused-ring (bicyclic) bond motifs is 1. The number of aryl methyl sites for hydroxylation is 1. The smallest absolute Gasteiger partial charge is 0.137 e. The standard InChI is InChI=1S/C16H16N4/c1-3-12-7-15-16(18-10-19-20(15)9-12)13-4-5-14(8-17)11(2)6-13/h3-7,9-10H,1,8,17H2,2H3. The fourth-order valence-electron chi connectivity index (χ4n) is 2.36. The topological polar surface area (TPSA) is 56.2 Å². The minimum Gasteiger partial charge on any atom is -0.326 e. The summed E-state index contributed by atoms with van der Waals surface area (Å²) >= 11 is 0. The summed E-state index contributed by atoms with van der Waals surface area (Å²) in [6.45, 7) is 6.41. The van der Waals surface area contributed by atoms with Crippen molar-refractivity contribution in [2.24, 2.45) is 5.73 Å².